The Bertz CT molecular complexity index is 536. The summed E-state index contributed by atoms with van der Waals surface area (Å²) in [6, 6.07) is 6.27. The lowest BCUT2D eigenvalue weighted by Gasteiger charge is -2.18. The van der Waals surface area contributed by atoms with Crippen molar-refractivity contribution in [2.45, 2.75) is 12.8 Å². The van der Waals surface area contributed by atoms with Crippen molar-refractivity contribution in [3.63, 3.8) is 0 Å². The molecule has 0 saturated heterocycles. The molecule has 0 fully saturated rings. The summed E-state index contributed by atoms with van der Waals surface area (Å²) in [5, 5.41) is 28.4. The van der Waals surface area contributed by atoms with Crippen molar-refractivity contribution in [2.75, 3.05) is 18.5 Å². The van der Waals surface area contributed by atoms with Gasteiger partial charge in [-0.1, -0.05) is 6.07 Å². The highest BCUT2D eigenvalue weighted by atomic mass is 16.6. The Labute approximate surface area is 109 Å². The lowest BCUT2D eigenvalue weighted by molar-refractivity contribution is -0.384. The van der Waals surface area contributed by atoms with Gasteiger partial charge < -0.3 is 10.0 Å². The van der Waals surface area contributed by atoms with Gasteiger partial charge in [0.05, 0.1) is 4.92 Å². The lowest BCUT2D eigenvalue weighted by atomic mass is 10.1. The molecule has 7 nitrogen and oxygen atoms in total. The fourth-order valence-electron chi connectivity index (χ4n) is 1.71. The number of benzene rings is 1. The van der Waals surface area contributed by atoms with Gasteiger partial charge in [0, 0.05) is 20.0 Å². The summed E-state index contributed by atoms with van der Waals surface area (Å²) in [7, 11) is 1.63. The molecule has 0 bridgehead atoms. The highest BCUT2D eigenvalue weighted by Gasteiger charge is 2.21. The average Bonchev–Trinajstić information content (AvgIpc) is 2.36. The summed E-state index contributed by atoms with van der Waals surface area (Å²) in [6.45, 7) is 0.363. The van der Waals surface area contributed by atoms with Crippen molar-refractivity contribution in [3.05, 3.63) is 33.9 Å². The number of para-hydroxylation sites is 1. The minimum absolute atomic E-state index is 0.00389. The minimum Gasteiger partial charge on any atom is -0.481 e. The molecule has 100 valence electrons. The van der Waals surface area contributed by atoms with E-state index < -0.39 is 10.9 Å². The molecule has 0 amide bonds. The number of carboxylic acid groups (broad SMARTS) is 1. The molecular formula is C12H13N3O4. The third kappa shape index (κ3) is 3.67. The van der Waals surface area contributed by atoms with Crippen LogP contribution in [0.25, 0.3) is 0 Å². The zero-order chi connectivity index (χ0) is 14.4. The Morgan fingerprint density at radius 1 is 1.58 bits per heavy atom. The van der Waals surface area contributed by atoms with Crippen LogP contribution in [0.15, 0.2) is 18.2 Å². The van der Waals surface area contributed by atoms with Gasteiger partial charge in [0.15, 0.2) is 0 Å². The maximum absolute atomic E-state index is 11.0. The lowest BCUT2D eigenvalue weighted by Crippen LogP contribution is -2.20. The van der Waals surface area contributed by atoms with Crippen molar-refractivity contribution in [2.24, 2.45) is 0 Å². The van der Waals surface area contributed by atoms with Crippen LogP contribution in [0.1, 0.15) is 18.4 Å². The van der Waals surface area contributed by atoms with E-state index in [-0.39, 0.29) is 17.7 Å². The maximum atomic E-state index is 11.0. The number of aliphatic carboxylic acids is 1. The fourth-order valence-corrected chi connectivity index (χ4v) is 1.71. The fraction of sp³-hybridized carbons (Fsp3) is 0.333. The van der Waals surface area contributed by atoms with Crippen LogP contribution >= 0.6 is 0 Å². The highest BCUT2D eigenvalue weighted by Crippen LogP contribution is 2.30. The largest absolute Gasteiger partial charge is 0.481 e. The van der Waals surface area contributed by atoms with E-state index in [0.29, 0.717) is 18.7 Å². The molecule has 0 aliphatic rings. The molecule has 19 heavy (non-hydrogen) atoms. The Balaban J connectivity index is 2.96. The molecule has 1 N–H and O–H groups in total. The van der Waals surface area contributed by atoms with Crippen LogP contribution in [-0.2, 0) is 4.79 Å². The van der Waals surface area contributed by atoms with Gasteiger partial charge in [-0.05, 0) is 18.6 Å². The molecular weight excluding hydrogens is 250 g/mol. The van der Waals surface area contributed by atoms with Gasteiger partial charge in [-0.15, -0.1) is 0 Å². The second kappa shape index (κ2) is 6.35. The van der Waals surface area contributed by atoms with E-state index in [4.69, 9.17) is 10.4 Å². The molecule has 1 aromatic rings. The first kappa shape index (κ1) is 14.4. The number of hydrogen-bond donors (Lipinski definition) is 1. The van der Waals surface area contributed by atoms with Crippen molar-refractivity contribution in [1.82, 2.24) is 0 Å². The monoisotopic (exact) mass is 263 g/mol. The van der Waals surface area contributed by atoms with E-state index in [2.05, 4.69) is 0 Å². The highest BCUT2D eigenvalue weighted by molar-refractivity contribution is 5.70. The number of rotatable bonds is 6. The first-order chi connectivity index (χ1) is 8.97. The summed E-state index contributed by atoms with van der Waals surface area (Å²) in [6.07, 6.45) is 0.371. The maximum Gasteiger partial charge on any atom is 0.310 e. The van der Waals surface area contributed by atoms with Gasteiger partial charge >= 0.3 is 11.7 Å². The molecule has 0 aromatic heterocycles. The third-order valence-electron chi connectivity index (χ3n) is 2.61. The summed E-state index contributed by atoms with van der Waals surface area (Å²) in [5.74, 6) is -0.909. The van der Waals surface area contributed by atoms with Crippen LogP contribution in [0.5, 0.6) is 0 Å². The minimum atomic E-state index is -0.909. The topological polar surface area (TPSA) is 107 Å². The Hall–Kier alpha value is -2.62. The molecule has 0 radical (unpaired) electrons. The molecule has 1 aromatic carbocycles. The third-order valence-corrected chi connectivity index (χ3v) is 2.61. The smallest absolute Gasteiger partial charge is 0.310 e. The standard InChI is InChI=1S/C12H13N3O4/c1-14(7-3-6-11(16)17)10-5-2-4-9(8-13)12(10)15(18)19/h2,4-5H,3,6-7H2,1H3,(H,16,17). The molecule has 0 aliphatic heterocycles. The van der Waals surface area contributed by atoms with Gasteiger partial charge in [0.1, 0.15) is 17.3 Å². The molecule has 1 rings (SSSR count). The van der Waals surface area contributed by atoms with E-state index in [1.54, 1.807) is 30.1 Å². The summed E-state index contributed by atoms with van der Waals surface area (Å²) < 4.78 is 0. The number of nitrogens with zero attached hydrogens (tertiary/aromatic N) is 3. The Morgan fingerprint density at radius 3 is 2.79 bits per heavy atom. The summed E-state index contributed by atoms with van der Waals surface area (Å²) in [5.41, 5.74) is 0.0600. The van der Waals surface area contributed by atoms with Gasteiger partial charge in [-0.25, -0.2) is 0 Å². The SMILES string of the molecule is CN(CCCC(=O)O)c1cccc(C#N)c1[N+](=O)[O-]. The number of nitriles is 1. The molecule has 0 heterocycles. The Kier molecular flexibility index (Phi) is 4.83. The van der Waals surface area contributed by atoms with E-state index in [9.17, 15) is 14.9 Å². The van der Waals surface area contributed by atoms with Crippen LogP contribution in [0, 0.1) is 21.4 Å². The molecule has 0 spiro atoms. The number of carboxylic acids is 1. The summed E-state index contributed by atoms with van der Waals surface area (Å²) >= 11 is 0. The summed E-state index contributed by atoms with van der Waals surface area (Å²) in [4.78, 5) is 22.4. The Morgan fingerprint density at radius 2 is 2.26 bits per heavy atom. The predicted molar refractivity (Wildman–Crippen MR) is 68.0 cm³/mol. The average molecular weight is 263 g/mol. The molecule has 0 unspecified atom stereocenters. The normalized spacial score (nSPS) is 9.68. The van der Waals surface area contributed by atoms with Crippen LogP contribution in [-0.4, -0.2) is 29.6 Å². The second-order valence-electron chi connectivity index (χ2n) is 3.96. The van der Waals surface area contributed by atoms with Gasteiger partial charge in [-0.2, -0.15) is 5.26 Å². The first-order valence-electron chi connectivity index (χ1n) is 5.57. The van der Waals surface area contributed by atoms with Crippen molar-refractivity contribution < 1.29 is 14.8 Å². The molecule has 0 aliphatic carbocycles. The van der Waals surface area contributed by atoms with E-state index in [1.165, 1.54) is 6.07 Å². The first-order valence-corrected chi connectivity index (χ1v) is 5.57. The van der Waals surface area contributed by atoms with Crippen molar-refractivity contribution >= 4 is 17.3 Å². The van der Waals surface area contributed by atoms with Crippen LogP contribution in [0.4, 0.5) is 11.4 Å². The van der Waals surface area contributed by atoms with Crippen LogP contribution in [0.2, 0.25) is 0 Å². The number of hydrogen-bond acceptors (Lipinski definition) is 5. The van der Waals surface area contributed by atoms with Gasteiger partial charge in [0.2, 0.25) is 0 Å². The van der Waals surface area contributed by atoms with Gasteiger partial charge in [0.25, 0.3) is 0 Å². The molecule has 7 heteroatoms. The number of anilines is 1. The van der Waals surface area contributed by atoms with Crippen LogP contribution < -0.4 is 4.90 Å². The van der Waals surface area contributed by atoms with E-state index in [0.717, 1.165) is 0 Å². The van der Waals surface area contributed by atoms with Gasteiger partial charge in [-0.3, -0.25) is 14.9 Å². The van der Waals surface area contributed by atoms with Crippen LogP contribution in [0.3, 0.4) is 0 Å². The predicted octanol–water partition coefficient (Wildman–Crippen LogP) is 1.77. The zero-order valence-corrected chi connectivity index (χ0v) is 10.4. The second-order valence-corrected chi connectivity index (χ2v) is 3.96. The molecule has 0 atom stereocenters. The van der Waals surface area contributed by atoms with Crippen molar-refractivity contribution in [1.29, 1.82) is 5.26 Å². The number of nitro groups is 1. The van der Waals surface area contributed by atoms with E-state index in [1.807, 2.05) is 0 Å². The number of carbonyl (C=O) groups is 1. The van der Waals surface area contributed by atoms with E-state index >= 15 is 0 Å². The quantitative estimate of drug-likeness (QED) is 0.619. The zero-order valence-electron chi connectivity index (χ0n) is 10.4. The number of nitro benzene ring substituents is 1. The molecule has 0 saturated carbocycles. The van der Waals surface area contributed by atoms with Crippen molar-refractivity contribution in [3.8, 4) is 6.07 Å².